The molecular weight excluding hydrogens is 224 g/mol. The van der Waals surface area contributed by atoms with Crippen LogP contribution in [0.2, 0.25) is 0 Å². The Bertz CT molecular complexity index is 477. The molecule has 0 atom stereocenters. The Morgan fingerprint density at radius 3 is 2.75 bits per heavy atom. The SMILES string of the molecule is CCNCc1noc(-c2sc(C)nc2C)n1. The lowest BCUT2D eigenvalue weighted by molar-refractivity contribution is 0.420. The van der Waals surface area contributed by atoms with Crippen LogP contribution in [-0.4, -0.2) is 21.7 Å². The third kappa shape index (κ3) is 2.28. The second-order valence-corrected chi connectivity index (χ2v) is 4.65. The molecule has 0 saturated heterocycles. The maximum Gasteiger partial charge on any atom is 0.269 e. The van der Waals surface area contributed by atoms with E-state index in [4.69, 9.17) is 4.52 Å². The summed E-state index contributed by atoms with van der Waals surface area (Å²) in [5.41, 5.74) is 0.946. The number of nitrogens with zero attached hydrogens (tertiary/aromatic N) is 3. The van der Waals surface area contributed by atoms with Crippen molar-refractivity contribution >= 4 is 11.3 Å². The summed E-state index contributed by atoms with van der Waals surface area (Å²) in [5, 5.41) is 8.08. The smallest absolute Gasteiger partial charge is 0.269 e. The van der Waals surface area contributed by atoms with Crippen molar-refractivity contribution in [1.29, 1.82) is 0 Å². The van der Waals surface area contributed by atoms with Crippen molar-refractivity contribution in [2.45, 2.75) is 27.3 Å². The summed E-state index contributed by atoms with van der Waals surface area (Å²) in [6, 6.07) is 0. The highest BCUT2D eigenvalue weighted by molar-refractivity contribution is 7.15. The molecule has 0 radical (unpaired) electrons. The minimum Gasteiger partial charge on any atom is -0.333 e. The Kier molecular flexibility index (Phi) is 3.31. The van der Waals surface area contributed by atoms with Gasteiger partial charge in [0, 0.05) is 0 Å². The first-order valence-corrected chi connectivity index (χ1v) is 6.00. The number of nitrogens with one attached hydrogen (secondary N) is 1. The van der Waals surface area contributed by atoms with Crippen molar-refractivity contribution in [1.82, 2.24) is 20.4 Å². The lowest BCUT2D eigenvalue weighted by Crippen LogP contribution is -2.12. The van der Waals surface area contributed by atoms with Gasteiger partial charge < -0.3 is 9.84 Å². The summed E-state index contributed by atoms with van der Waals surface area (Å²) in [7, 11) is 0. The molecule has 2 aromatic heterocycles. The topological polar surface area (TPSA) is 63.8 Å². The van der Waals surface area contributed by atoms with Crippen molar-refractivity contribution in [3.8, 4) is 10.8 Å². The number of hydrogen-bond donors (Lipinski definition) is 1. The molecule has 86 valence electrons. The summed E-state index contributed by atoms with van der Waals surface area (Å²) in [5.74, 6) is 1.25. The van der Waals surface area contributed by atoms with Crippen LogP contribution < -0.4 is 5.32 Å². The lowest BCUT2D eigenvalue weighted by atomic mass is 10.4. The molecule has 0 unspecified atom stereocenters. The van der Waals surface area contributed by atoms with Crippen LogP contribution in [0.3, 0.4) is 0 Å². The number of aromatic nitrogens is 3. The van der Waals surface area contributed by atoms with E-state index >= 15 is 0 Å². The predicted octanol–water partition coefficient (Wildman–Crippen LogP) is 1.92. The molecular formula is C10H14N4OS. The van der Waals surface area contributed by atoms with Crippen molar-refractivity contribution in [3.05, 3.63) is 16.5 Å². The Labute approximate surface area is 97.9 Å². The predicted molar refractivity (Wildman–Crippen MR) is 62.3 cm³/mol. The van der Waals surface area contributed by atoms with Crippen LogP contribution in [0.4, 0.5) is 0 Å². The van der Waals surface area contributed by atoms with Gasteiger partial charge in [-0.05, 0) is 20.4 Å². The number of rotatable bonds is 4. The van der Waals surface area contributed by atoms with E-state index in [-0.39, 0.29) is 0 Å². The molecule has 0 aromatic carbocycles. The van der Waals surface area contributed by atoms with E-state index in [2.05, 4.69) is 20.4 Å². The highest BCUT2D eigenvalue weighted by Crippen LogP contribution is 2.27. The van der Waals surface area contributed by atoms with Gasteiger partial charge in [-0.25, -0.2) is 4.98 Å². The Hall–Kier alpha value is -1.27. The fourth-order valence-corrected chi connectivity index (χ4v) is 2.23. The van der Waals surface area contributed by atoms with Gasteiger partial charge in [0.1, 0.15) is 4.88 Å². The minimum absolute atomic E-state index is 0.566. The van der Waals surface area contributed by atoms with E-state index in [0.29, 0.717) is 18.3 Å². The zero-order chi connectivity index (χ0) is 11.5. The monoisotopic (exact) mass is 238 g/mol. The van der Waals surface area contributed by atoms with Crippen LogP contribution >= 0.6 is 11.3 Å². The van der Waals surface area contributed by atoms with Crippen molar-refractivity contribution in [3.63, 3.8) is 0 Å². The molecule has 6 heteroatoms. The number of thiazole rings is 1. The van der Waals surface area contributed by atoms with E-state index in [1.807, 2.05) is 20.8 Å². The van der Waals surface area contributed by atoms with Crippen LogP contribution in [0.15, 0.2) is 4.52 Å². The Morgan fingerprint density at radius 1 is 1.31 bits per heavy atom. The lowest BCUT2D eigenvalue weighted by Gasteiger charge is -1.92. The molecule has 0 amide bonds. The highest BCUT2D eigenvalue weighted by Gasteiger charge is 2.14. The van der Waals surface area contributed by atoms with Crippen molar-refractivity contribution < 1.29 is 4.52 Å². The summed E-state index contributed by atoms with van der Waals surface area (Å²) >= 11 is 1.58. The minimum atomic E-state index is 0.566. The summed E-state index contributed by atoms with van der Waals surface area (Å²) in [4.78, 5) is 9.62. The van der Waals surface area contributed by atoms with Gasteiger partial charge in [-0.3, -0.25) is 0 Å². The van der Waals surface area contributed by atoms with Gasteiger partial charge in [0.05, 0.1) is 17.2 Å². The molecule has 16 heavy (non-hydrogen) atoms. The largest absolute Gasteiger partial charge is 0.333 e. The maximum absolute atomic E-state index is 5.21. The van der Waals surface area contributed by atoms with Gasteiger partial charge in [-0.2, -0.15) is 4.98 Å². The molecule has 2 rings (SSSR count). The van der Waals surface area contributed by atoms with Crippen LogP contribution in [-0.2, 0) is 6.54 Å². The molecule has 5 nitrogen and oxygen atoms in total. The highest BCUT2D eigenvalue weighted by atomic mass is 32.1. The molecule has 0 aliphatic carbocycles. The van der Waals surface area contributed by atoms with E-state index in [1.54, 1.807) is 11.3 Å². The molecule has 0 aliphatic rings. The van der Waals surface area contributed by atoms with Gasteiger partial charge in [0.2, 0.25) is 0 Å². The second kappa shape index (κ2) is 4.71. The fourth-order valence-electron chi connectivity index (χ4n) is 1.38. The van der Waals surface area contributed by atoms with Crippen molar-refractivity contribution in [2.75, 3.05) is 6.54 Å². The molecule has 0 bridgehead atoms. The fraction of sp³-hybridized carbons (Fsp3) is 0.500. The van der Waals surface area contributed by atoms with Crippen LogP contribution in [0, 0.1) is 13.8 Å². The van der Waals surface area contributed by atoms with Crippen LogP contribution in [0.25, 0.3) is 10.8 Å². The molecule has 2 heterocycles. The Morgan fingerprint density at radius 2 is 2.12 bits per heavy atom. The normalized spacial score (nSPS) is 10.9. The van der Waals surface area contributed by atoms with Crippen LogP contribution in [0.1, 0.15) is 23.4 Å². The van der Waals surface area contributed by atoms with Gasteiger partial charge in [0.15, 0.2) is 5.82 Å². The summed E-state index contributed by atoms with van der Waals surface area (Å²) in [6.45, 7) is 7.49. The standard InChI is InChI=1S/C10H14N4OS/c1-4-11-5-8-13-10(15-14-8)9-6(2)12-7(3)16-9/h11H,4-5H2,1-3H3. The first-order chi connectivity index (χ1) is 7.70. The van der Waals surface area contributed by atoms with Crippen molar-refractivity contribution in [2.24, 2.45) is 0 Å². The first kappa shape index (κ1) is 11.2. The van der Waals surface area contributed by atoms with E-state index in [0.717, 1.165) is 22.1 Å². The average Bonchev–Trinajstić information content (AvgIpc) is 2.82. The first-order valence-electron chi connectivity index (χ1n) is 5.18. The number of aryl methyl sites for hydroxylation is 2. The number of hydrogen-bond acceptors (Lipinski definition) is 6. The zero-order valence-electron chi connectivity index (χ0n) is 9.57. The third-order valence-corrected chi connectivity index (χ3v) is 3.16. The molecule has 1 N–H and O–H groups in total. The molecule has 0 fully saturated rings. The van der Waals surface area contributed by atoms with Crippen LogP contribution in [0.5, 0.6) is 0 Å². The molecule has 0 saturated carbocycles. The third-order valence-electron chi connectivity index (χ3n) is 2.10. The molecule has 0 spiro atoms. The van der Waals surface area contributed by atoms with E-state index < -0.39 is 0 Å². The van der Waals surface area contributed by atoms with E-state index in [9.17, 15) is 0 Å². The van der Waals surface area contributed by atoms with E-state index in [1.165, 1.54) is 0 Å². The maximum atomic E-state index is 5.21. The average molecular weight is 238 g/mol. The van der Waals surface area contributed by atoms with Gasteiger partial charge >= 0.3 is 0 Å². The van der Waals surface area contributed by atoms with Gasteiger partial charge in [-0.1, -0.05) is 12.1 Å². The quantitative estimate of drug-likeness (QED) is 0.881. The summed E-state index contributed by atoms with van der Waals surface area (Å²) in [6.07, 6.45) is 0. The Balaban J connectivity index is 2.21. The second-order valence-electron chi connectivity index (χ2n) is 3.44. The zero-order valence-corrected chi connectivity index (χ0v) is 10.4. The van der Waals surface area contributed by atoms with Gasteiger partial charge in [-0.15, -0.1) is 11.3 Å². The molecule has 2 aromatic rings. The van der Waals surface area contributed by atoms with Gasteiger partial charge in [0.25, 0.3) is 5.89 Å². The molecule has 0 aliphatic heterocycles. The summed E-state index contributed by atoms with van der Waals surface area (Å²) < 4.78 is 5.21.